The van der Waals surface area contributed by atoms with Crippen LogP contribution >= 0.6 is 0 Å². The molecule has 31 heavy (non-hydrogen) atoms. The number of carbonyl (C=O) groups excluding carboxylic acids is 1. The first kappa shape index (κ1) is 23.4. The molecule has 2 nitrogen and oxygen atoms in total. The van der Waals surface area contributed by atoms with E-state index >= 15 is 0 Å². The minimum atomic E-state index is -0.104. The van der Waals surface area contributed by atoms with Crippen LogP contribution in [0, 0.1) is 46.3 Å². The molecule has 4 rings (SSSR count). The third-order valence-corrected chi connectivity index (χ3v) is 10.5. The van der Waals surface area contributed by atoms with Gasteiger partial charge in [0.1, 0.15) is 6.10 Å². The first-order chi connectivity index (χ1) is 14.6. The second-order valence-electron chi connectivity index (χ2n) is 12.8. The number of allylic oxidation sites excluding steroid dienone is 2. The molecule has 0 aliphatic heterocycles. The monoisotopic (exact) mass is 428 g/mol. The first-order valence-electron chi connectivity index (χ1n) is 13.5. The standard InChI is InChI=1S/C29H48O2/c1-19(2)8-7-9-20(3)24-15-17-29(6)25(24)12-13-26-27(29)11-10-22-18-23(31-21(4)30)14-16-28(22,26)5/h11,19-20,22-26H,7-10,12-18H2,1-6H3. The first-order valence-corrected chi connectivity index (χ1v) is 13.5. The van der Waals surface area contributed by atoms with Gasteiger partial charge in [-0.3, -0.25) is 4.79 Å². The van der Waals surface area contributed by atoms with Crippen molar-refractivity contribution in [2.45, 2.75) is 118 Å². The number of rotatable bonds is 6. The van der Waals surface area contributed by atoms with Crippen molar-refractivity contribution in [1.29, 1.82) is 0 Å². The number of hydrogen-bond acceptors (Lipinski definition) is 2. The molecule has 8 unspecified atom stereocenters. The van der Waals surface area contributed by atoms with Crippen LogP contribution in [0.2, 0.25) is 0 Å². The van der Waals surface area contributed by atoms with E-state index in [2.05, 4.69) is 40.7 Å². The Kier molecular flexibility index (Phi) is 6.68. The van der Waals surface area contributed by atoms with Crippen LogP contribution in [0.1, 0.15) is 112 Å². The third kappa shape index (κ3) is 4.26. The van der Waals surface area contributed by atoms with Gasteiger partial charge in [-0.15, -0.1) is 0 Å². The number of esters is 1. The summed E-state index contributed by atoms with van der Waals surface area (Å²) in [5, 5.41) is 0. The van der Waals surface area contributed by atoms with Gasteiger partial charge in [-0.25, -0.2) is 0 Å². The second-order valence-corrected chi connectivity index (χ2v) is 12.8. The van der Waals surface area contributed by atoms with Crippen molar-refractivity contribution in [2.75, 3.05) is 0 Å². The van der Waals surface area contributed by atoms with Crippen LogP contribution in [0.15, 0.2) is 11.6 Å². The van der Waals surface area contributed by atoms with Gasteiger partial charge in [0.05, 0.1) is 0 Å². The molecule has 0 spiro atoms. The van der Waals surface area contributed by atoms with Gasteiger partial charge >= 0.3 is 5.97 Å². The summed E-state index contributed by atoms with van der Waals surface area (Å²) in [7, 11) is 0. The molecule has 0 radical (unpaired) electrons. The Morgan fingerprint density at radius 2 is 1.87 bits per heavy atom. The Balaban J connectivity index is 1.48. The van der Waals surface area contributed by atoms with Crippen molar-refractivity contribution in [3.8, 4) is 0 Å². The van der Waals surface area contributed by atoms with Gasteiger partial charge in [-0.1, -0.05) is 65.5 Å². The highest BCUT2D eigenvalue weighted by atomic mass is 16.5. The third-order valence-electron chi connectivity index (χ3n) is 10.5. The summed E-state index contributed by atoms with van der Waals surface area (Å²) in [5.74, 6) is 4.91. The fourth-order valence-electron chi connectivity index (χ4n) is 8.74. The Labute approximate surface area is 192 Å². The molecule has 0 heterocycles. The predicted octanol–water partition coefficient (Wildman–Crippen LogP) is 7.96. The van der Waals surface area contributed by atoms with Crippen molar-refractivity contribution in [3.05, 3.63) is 11.6 Å². The maximum absolute atomic E-state index is 11.5. The molecular formula is C29H48O2. The van der Waals surface area contributed by atoms with Crippen molar-refractivity contribution in [1.82, 2.24) is 0 Å². The van der Waals surface area contributed by atoms with E-state index in [1.807, 2.05) is 5.57 Å². The zero-order valence-electron chi connectivity index (χ0n) is 21.2. The molecule has 0 aromatic heterocycles. The molecule has 0 N–H and O–H groups in total. The van der Waals surface area contributed by atoms with Crippen LogP contribution in [-0.4, -0.2) is 12.1 Å². The fraction of sp³-hybridized carbons (Fsp3) is 0.897. The number of carbonyl (C=O) groups is 1. The molecule has 2 heteroatoms. The zero-order valence-corrected chi connectivity index (χ0v) is 21.2. The van der Waals surface area contributed by atoms with Crippen LogP contribution in [-0.2, 0) is 9.53 Å². The largest absolute Gasteiger partial charge is 0.463 e. The molecular weight excluding hydrogens is 380 g/mol. The Morgan fingerprint density at radius 1 is 1.10 bits per heavy atom. The molecule has 0 bridgehead atoms. The SMILES string of the molecule is CC(=O)OC1CCC2(C)C(CC=C3C2CCC2C(C(C)CCCC(C)C)CCC32C)C1. The van der Waals surface area contributed by atoms with E-state index in [-0.39, 0.29) is 12.1 Å². The van der Waals surface area contributed by atoms with E-state index in [1.54, 1.807) is 6.92 Å². The minimum absolute atomic E-state index is 0.104. The molecule has 4 aliphatic carbocycles. The van der Waals surface area contributed by atoms with Crippen LogP contribution in [0.5, 0.6) is 0 Å². The van der Waals surface area contributed by atoms with Crippen molar-refractivity contribution in [3.63, 3.8) is 0 Å². The van der Waals surface area contributed by atoms with E-state index in [0.717, 1.165) is 42.4 Å². The van der Waals surface area contributed by atoms with Crippen LogP contribution < -0.4 is 0 Å². The highest BCUT2D eigenvalue weighted by molar-refractivity contribution is 5.66. The van der Waals surface area contributed by atoms with E-state index in [4.69, 9.17) is 4.74 Å². The maximum atomic E-state index is 11.5. The number of fused-ring (bicyclic) bond motifs is 5. The highest BCUT2D eigenvalue weighted by Crippen LogP contribution is 2.67. The number of ether oxygens (including phenoxy) is 1. The molecule has 8 atom stereocenters. The van der Waals surface area contributed by atoms with Gasteiger partial charge in [0.2, 0.25) is 0 Å². The summed E-state index contributed by atoms with van der Waals surface area (Å²) >= 11 is 0. The summed E-state index contributed by atoms with van der Waals surface area (Å²) in [6, 6.07) is 0. The van der Waals surface area contributed by atoms with Crippen LogP contribution in [0.25, 0.3) is 0 Å². The second kappa shape index (κ2) is 8.86. The van der Waals surface area contributed by atoms with E-state index in [0.29, 0.717) is 16.7 Å². The molecule has 0 aromatic carbocycles. The van der Waals surface area contributed by atoms with Gasteiger partial charge in [0.15, 0.2) is 0 Å². The summed E-state index contributed by atoms with van der Waals surface area (Å²) in [6.45, 7) is 14.1. The lowest BCUT2D eigenvalue weighted by Gasteiger charge is -2.58. The smallest absolute Gasteiger partial charge is 0.302 e. The zero-order chi connectivity index (χ0) is 22.4. The maximum Gasteiger partial charge on any atom is 0.302 e. The number of hydrogen-bond donors (Lipinski definition) is 0. The molecule has 4 aliphatic rings. The molecule has 0 saturated heterocycles. The Hall–Kier alpha value is -0.790. The predicted molar refractivity (Wildman–Crippen MR) is 129 cm³/mol. The van der Waals surface area contributed by atoms with Crippen molar-refractivity contribution < 1.29 is 9.53 Å². The summed E-state index contributed by atoms with van der Waals surface area (Å²) in [6.07, 6.45) is 17.3. The average Bonchev–Trinajstić information content (AvgIpc) is 3.05. The average molecular weight is 429 g/mol. The van der Waals surface area contributed by atoms with Crippen LogP contribution in [0.3, 0.4) is 0 Å². The molecule has 3 saturated carbocycles. The van der Waals surface area contributed by atoms with Crippen molar-refractivity contribution in [2.24, 2.45) is 46.3 Å². The summed E-state index contributed by atoms with van der Waals surface area (Å²) in [4.78, 5) is 11.5. The molecule has 0 amide bonds. The fourth-order valence-corrected chi connectivity index (χ4v) is 8.74. The summed E-state index contributed by atoms with van der Waals surface area (Å²) in [5.41, 5.74) is 2.71. The van der Waals surface area contributed by atoms with E-state index < -0.39 is 0 Å². The lowest BCUT2D eigenvalue weighted by molar-refractivity contribution is -0.152. The Bertz CT molecular complexity index is 693. The van der Waals surface area contributed by atoms with E-state index in [9.17, 15) is 4.79 Å². The normalized spacial score (nSPS) is 42.9. The van der Waals surface area contributed by atoms with E-state index in [1.165, 1.54) is 57.8 Å². The van der Waals surface area contributed by atoms with Gasteiger partial charge < -0.3 is 4.74 Å². The van der Waals surface area contributed by atoms with Crippen LogP contribution in [0.4, 0.5) is 0 Å². The minimum Gasteiger partial charge on any atom is -0.463 e. The van der Waals surface area contributed by atoms with Gasteiger partial charge in [-0.05, 0) is 97.7 Å². The quantitative estimate of drug-likeness (QED) is 0.317. The lowest BCUT2D eigenvalue weighted by atomic mass is 9.47. The van der Waals surface area contributed by atoms with Crippen molar-refractivity contribution >= 4 is 5.97 Å². The van der Waals surface area contributed by atoms with Gasteiger partial charge in [0.25, 0.3) is 0 Å². The molecule has 3 fully saturated rings. The van der Waals surface area contributed by atoms with Gasteiger partial charge in [0, 0.05) is 6.92 Å². The lowest BCUT2D eigenvalue weighted by Crippen LogP contribution is -2.50. The van der Waals surface area contributed by atoms with Gasteiger partial charge in [-0.2, -0.15) is 0 Å². The summed E-state index contributed by atoms with van der Waals surface area (Å²) < 4.78 is 5.64. The molecule has 0 aromatic rings. The highest BCUT2D eigenvalue weighted by Gasteiger charge is 2.58. The topological polar surface area (TPSA) is 26.3 Å². The Morgan fingerprint density at radius 3 is 2.58 bits per heavy atom. The molecule has 176 valence electrons.